The van der Waals surface area contributed by atoms with Crippen LogP contribution in [0, 0.1) is 5.92 Å². The molecule has 0 bridgehead atoms. The van der Waals surface area contributed by atoms with Crippen molar-refractivity contribution >= 4 is 22.6 Å². The Kier molecular flexibility index (Phi) is 7.90. The molecule has 0 saturated carbocycles. The normalized spacial score (nSPS) is 12.5. The molecule has 11 heteroatoms. The SMILES string of the molecule is CC(C)C(Nc1cncc(-c2c[nH]c3ncc(OCCc4ccccn4)cc23)c1)C(=O)NCC(F)(F)F. The first-order valence-corrected chi connectivity index (χ1v) is 11.8. The van der Waals surface area contributed by atoms with Crippen LogP contribution >= 0.6 is 0 Å². The van der Waals surface area contributed by atoms with Gasteiger partial charge in [0, 0.05) is 53.4 Å². The molecule has 0 aliphatic rings. The summed E-state index contributed by atoms with van der Waals surface area (Å²) in [5.41, 5.74) is 3.65. The highest BCUT2D eigenvalue weighted by molar-refractivity contribution is 5.94. The number of carbonyl (C=O) groups excluding carboxylic acids is 1. The number of fused-ring (bicyclic) bond motifs is 1. The van der Waals surface area contributed by atoms with E-state index >= 15 is 0 Å². The van der Waals surface area contributed by atoms with Gasteiger partial charge in [0.05, 0.1) is 18.5 Å². The van der Waals surface area contributed by atoms with E-state index in [1.807, 2.05) is 29.6 Å². The Morgan fingerprint density at radius 2 is 1.97 bits per heavy atom. The third-order valence-corrected chi connectivity index (χ3v) is 5.64. The molecule has 0 saturated heterocycles. The minimum atomic E-state index is -4.48. The number of hydrogen-bond donors (Lipinski definition) is 3. The Hall–Kier alpha value is -4.15. The fraction of sp³-hybridized carbons (Fsp3) is 0.308. The smallest absolute Gasteiger partial charge is 0.405 e. The lowest BCUT2D eigenvalue weighted by atomic mass is 10.0. The zero-order chi connectivity index (χ0) is 26.4. The number of amides is 1. The number of nitrogens with one attached hydrogen (secondary N) is 3. The first-order chi connectivity index (χ1) is 17.7. The fourth-order valence-corrected chi connectivity index (χ4v) is 3.80. The summed E-state index contributed by atoms with van der Waals surface area (Å²) in [6, 6.07) is 8.53. The second kappa shape index (κ2) is 11.3. The molecule has 4 rings (SSSR count). The van der Waals surface area contributed by atoms with Crippen molar-refractivity contribution in [3.63, 3.8) is 0 Å². The Balaban J connectivity index is 1.49. The molecule has 8 nitrogen and oxygen atoms in total. The molecule has 0 aliphatic carbocycles. The zero-order valence-corrected chi connectivity index (χ0v) is 20.3. The monoisotopic (exact) mass is 512 g/mol. The van der Waals surface area contributed by atoms with Crippen LogP contribution in [0.4, 0.5) is 18.9 Å². The number of rotatable bonds is 10. The molecule has 194 valence electrons. The van der Waals surface area contributed by atoms with Crippen LogP contribution in [0.5, 0.6) is 5.75 Å². The summed E-state index contributed by atoms with van der Waals surface area (Å²) in [4.78, 5) is 28.5. The largest absolute Gasteiger partial charge is 0.492 e. The molecule has 1 atom stereocenters. The van der Waals surface area contributed by atoms with Crippen molar-refractivity contribution in [2.24, 2.45) is 5.92 Å². The molecular weight excluding hydrogens is 485 g/mol. The van der Waals surface area contributed by atoms with Crippen molar-refractivity contribution in [3.05, 3.63) is 67.0 Å². The summed E-state index contributed by atoms with van der Waals surface area (Å²) in [6.45, 7) is 2.56. The summed E-state index contributed by atoms with van der Waals surface area (Å²) in [5.74, 6) is -0.394. The second-order valence-electron chi connectivity index (χ2n) is 8.85. The molecular formula is C26H27F3N6O2. The van der Waals surface area contributed by atoms with Gasteiger partial charge < -0.3 is 20.4 Å². The number of aromatic amines is 1. The lowest BCUT2D eigenvalue weighted by Gasteiger charge is -2.23. The van der Waals surface area contributed by atoms with Gasteiger partial charge in [-0.25, -0.2) is 4.98 Å². The quantitative estimate of drug-likeness (QED) is 0.283. The average molecular weight is 513 g/mol. The van der Waals surface area contributed by atoms with Crippen LogP contribution in [0.15, 0.2) is 61.3 Å². The number of pyridine rings is 3. The Bertz CT molecular complexity index is 1340. The van der Waals surface area contributed by atoms with E-state index in [1.165, 1.54) is 6.20 Å². The van der Waals surface area contributed by atoms with Gasteiger partial charge in [-0.05, 0) is 30.2 Å². The van der Waals surface area contributed by atoms with E-state index < -0.39 is 24.7 Å². The first kappa shape index (κ1) is 25.9. The Morgan fingerprint density at radius 3 is 2.70 bits per heavy atom. The highest BCUT2D eigenvalue weighted by atomic mass is 19.4. The number of halogens is 3. The van der Waals surface area contributed by atoms with Crippen LogP contribution in [0.25, 0.3) is 22.2 Å². The molecule has 3 N–H and O–H groups in total. The van der Waals surface area contributed by atoms with Crippen molar-refractivity contribution in [2.45, 2.75) is 32.5 Å². The van der Waals surface area contributed by atoms with Gasteiger partial charge in [-0.3, -0.25) is 14.8 Å². The van der Waals surface area contributed by atoms with Crippen LogP contribution < -0.4 is 15.4 Å². The third-order valence-electron chi connectivity index (χ3n) is 5.64. The molecule has 4 aromatic rings. The molecule has 0 spiro atoms. The van der Waals surface area contributed by atoms with E-state index in [2.05, 4.69) is 25.3 Å². The molecule has 0 aromatic carbocycles. The first-order valence-electron chi connectivity index (χ1n) is 11.8. The van der Waals surface area contributed by atoms with Gasteiger partial charge in [0.25, 0.3) is 0 Å². The molecule has 0 radical (unpaired) electrons. The van der Waals surface area contributed by atoms with Crippen LogP contribution in [-0.2, 0) is 11.2 Å². The fourth-order valence-electron chi connectivity index (χ4n) is 3.80. The molecule has 0 fully saturated rings. The highest BCUT2D eigenvalue weighted by Gasteiger charge is 2.30. The minimum absolute atomic E-state index is 0.264. The highest BCUT2D eigenvalue weighted by Crippen LogP contribution is 2.31. The van der Waals surface area contributed by atoms with Gasteiger partial charge in [-0.1, -0.05) is 19.9 Å². The maximum atomic E-state index is 12.6. The van der Waals surface area contributed by atoms with Gasteiger partial charge in [0.15, 0.2) is 0 Å². The van der Waals surface area contributed by atoms with E-state index in [4.69, 9.17) is 4.74 Å². The number of carbonyl (C=O) groups is 1. The lowest BCUT2D eigenvalue weighted by Crippen LogP contribution is -2.46. The van der Waals surface area contributed by atoms with Gasteiger partial charge in [-0.15, -0.1) is 0 Å². The summed E-state index contributed by atoms with van der Waals surface area (Å²) < 4.78 is 43.6. The minimum Gasteiger partial charge on any atom is -0.492 e. The molecule has 1 unspecified atom stereocenters. The standard InChI is InChI=1S/C26H27F3N6O2/c1-16(2)23(25(36)34-15-26(27,28)29)35-19-9-17(11-30-12-19)22-14-33-24-21(22)10-20(13-32-24)37-8-6-18-5-3-4-7-31-18/h3-5,7,9-14,16,23,35H,6,8,15H2,1-2H3,(H,32,33)(H,34,36). The average Bonchev–Trinajstić information content (AvgIpc) is 3.29. The maximum absolute atomic E-state index is 12.6. The molecule has 1 amide bonds. The van der Waals surface area contributed by atoms with Crippen molar-refractivity contribution in [1.82, 2.24) is 25.3 Å². The van der Waals surface area contributed by atoms with Gasteiger partial charge in [0.2, 0.25) is 5.91 Å². The number of hydrogen-bond acceptors (Lipinski definition) is 6. The number of ether oxygens (including phenoxy) is 1. The lowest BCUT2D eigenvalue weighted by molar-refractivity contribution is -0.139. The van der Waals surface area contributed by atoms with E-state index in [0.717, 1.165) is 22.2 Å². The number of aromatic nitrogens is 4. The van der Waals surface area contributed by atoms with Crippen molar-refractivity contribution in [1.29, 1.82) is 0 Å². The predicted octanol–water partition coefficient (Wildman–Crippen LogP) is 4.76. The Morgan fingerprint density at radius 1 is 1.14 bits per heavy atom. The van der Waals surface area contributed by atoms with E-state index in [-0.39, 0.29) is 5.92 Å². The van der Waals surface area contributed by atoms with Crippen molar-refractivity contribution in [2.75, 3.05) is 18.5 Å². The number of alkyl halides is 3. The number of H-pyrrole nitrogens is 1. The van der Waals surface area contributed by atoms with Crippen molar-refractivity contribution in [3.8, 4) is 16.9 Å². The maximum Gasteiger partial charge on any atom is 0.405 e. The molecule has 37 heavy (non-hydrogen) atoms. The Labute approximate surface area is 211 Å². The number of anilines is 1. The summed E-state index contributed by atoms with van der Waals surface area (Å²) in [7, 11) is 0. The molecule has 4 aromatic heterocycles. The topological polar surface area (TPSA) is 105 Å². The second-order valence-corrected chi connectivity index (χ2v) is 8.85. The zero-order valence-electron chi connectivity index (χ0n) is 20.3. The molecule has 0 aliphatic heterocycles. The van der Waals surface area contributed by atoms with E-state index in [0.29, 0.717) is 30.1 Å². The van der Waals surface area contributed by atoms with E-state index in [9.17, 15) is 18.0 Å². The third kappa shape index (κ3) is 6.96. The summed E-state index contributed by atoms with van der Waals surface area (Å²) in [5, 5.41) is 5.78. The summed E-state index contributed by atoms with van der Waals surface area (Å²) in [6.07, 6.45) is 4.54. The van der Waals surface area contributed by atoms with Gasteiger partial charge in [0.1, 0.15) is 24.0 Å². The van der Waals surface area contributed by atoms with E-state index in [1.54, 1.807) is 44.7 Å². The van der Waals surface area contributed by atoms with Gasteiger partial charge >= 0.3 is 6.18 Å². The summed E-state index contributed by atoms with van der Waals surface area (Å²) >= 11 is 0. The van der Waals surface area contributed by atoms with Crippen LogP contribution in [0.3, 0.4) is 0 Å². The van der Waals surface area contributed by atoms with Gasteiger partial charge in [-0.2, -0.15) is 13.2 Å². The van der Waals surface area contributed by atoms with Crippen LogP contribution in [0.2, 0.25) is 0 Å². The predicted molar refractivity (Wildman–Crippen MR) is 134 cm³/mol. The molecule has 4 heterocycles. The van der Waals surface area contributed by atoms with Crippen LogP contribution in [-0.4, -0.2) is 51.2 Å². The number of nitrogens with zero attached hydrogens (tertiary/aromatic N) is 3. The van der Waals surface area contributed by atoms with Crippen LogP contribution in [0.1, 0.15) is 19.5 Å². The van der Waals surface area contributed by atoms with Crippen molar-refractivity contribution < 1.29 is 22.7 Å².